The molecule has 0 aliphatic heterocycles. The molecule has 0 rings (SSSR count). The zero-order chi connectivity index (χ0) is 10.8. The van der Waals surface area contributed by atoms with E-state index in [0.29, 0.717) is 13.0 Å². The highest BCUT2D eigenvalue weighted by Crippen LogP contribution is 2.00. The van der Waals surface area contributed by atoms with Crippen molar-refractivity contribution < 1.29 is 9.90 Å². The molecule has 0 aliphatic rings. The van der Waals surface area contributed by atoms with E-state index in [1.807, 2.05) is 6.92 Å². The summed E-state index contributed by atoms with van der Waals surface area (Å²) in [6.07, 6.45) is 1.21. The van der Waals surface area contributed by atoms with Crippen molar-refractivity contribution in [3.63, 3.8) is 0 Å². The largest absolute Gasteiger partial charge is 0.396 e. The SMILES string of the molecule is CC(N)CC(=O)NCCSCCCO. The maximum atomic E-state index is 11.1. The van der Waals surface area contributed by atoms with Crippen LogP contribution in [-0.4, -0.2) is 41.7 Å². The summed E-state index contributed by atoms with van der Waals surface area (Å²) >= 11 is 1.73. The summed E-state index contributed by atoms with van der Waals surface area (Å²) < 4.78 is 0. The standard InChI is InChI=1S/C9H20N2O2S/c1-8(10)7-9(13)11-3-6-14-5-2-4-12/h8,12H,2-7,10H2,1H3,(H,11,13). The number of hydrogen-bond donors (Lipinski definition) is 3. The van der Waals surface area contributed by atoms with Crippen LogP contribution in [0.4, 0.5) is 0 Å². The van der Waals surface area contributed by atoms with E-state index >= 15 is 0 Å². The lowest BCUT2D eigenvalue weighted by molar-refractivity contribution is -0.121. The molecule has 0 heterocycles. The molecule has 84 valence electrons. The van der Waals surface area contributed by atoms with E-state index in [4.69, 9.17) is 10.8 Å². The van der Waals surface area contributed by atoms with Crippen LogP contribution in [0.3, 0.4) is 0 Å². The topological polar surface area (TPSA) is 75.4 Å². The predicted molar refractivity (Wildman–Crippen MR) is 60.3 cm³/mol. The summed E-state index contributed by atoms with van der Waals surface area (Å²) in [6.45, 7) is 2.74. The molecule has 0 aromatic carbocycles. The second-order valence-electron chi connectivity index (χ2n) is 3.22. The van der Waals surface area contributed by atoms with Gasteiger partial charge in [0.2, 0.25) is 5.91 Å². The smallest absolute Gasteiger partial charge is 0.221 e. The molecule has 0 saturated carbocycles. The van der Waals surface area contributed by atoms with Gasteiger partial charge in [0.15, 0.2) is 0 Å². The van der Waals surface area contributed by atoms with Crippen molar-refractivity contribution in [2.24, 2.45) is 5.73 Å². The van der Waals surface area contributed by atoms with E-state index in [0.717, 1.165) is 17.9 Å². The highest BCUT2D eigenvalue weighted by atomic mass is 32.2. The highest BCUT2D eigenvalue weighted by Gasteiger charge is 2.03. The van der Waals surface area contributed by atoms with Crippen molar-refractivity contribution in [1.29, 1.82) is 0 Å². The minimum absolute atomic E-state index is 0.0164. The number of aliphatic hydroxyl groups is 1. The number of amides is 1. The second kappa shape index (κ2) is 9.30. The molecule has 1 amide bonds. The van der Waals surface area contributed by atoms with Crippen molar-refractivity contribution in [3.8, 4) is 0 Å². The summed E-state index contributed by atoms with van der Waals surface area (Å²) in [5.74, 6) is 1.85. The predicted octanol–water partition coefficient (Wildman–Crippen LogP) is -0.0445. The lowest BCUT2D eigenvalue weighted by atomic mass is 10.2. The van der Waals surface area contributed by atoms with Crippen LogP contribution in [0.25, 0.3) is 0 Å². The number of nitrogens with two attached hydrogens (primary N) is 1. The molecular weight excluding hydrogens is 200 g/mol. The van der Waals surface area contributed by atoms with Gasteiger partial charge in [0, 0.05) is 31.4 Å². The van der Waals surface area contributed by atoms with E-state index in [1.54, 1.807) is 11.8 Å². The van der Waals surface area contributed by atoms with Gasteiger partial charge in [0.25, 0.3) is 0 Å². The van der Waals surface area contributed by atoms with Gasteiger partial charge in [0.05, 0.1) is 0 Å². The van der Waals surface area contributed by atoms with Crippen LogP contribution < -0.4 is 11.1 Å². The quantitative estimate of drug-likeness (QED) is 0.502. The Morgan fingerprint density at radius 1 is 1.57 bits per heavy atom. The molecule has 5 heteroatoms. The molecule has 14 heavy (non-hydrogen) atoms. The molecule has 0 aliphatic carbocycles. The average molecular weight is 220 g/mol. The van der Waals surface area contributed by atoms with Crippen molar-refractivity contribution in [1.82, 2.24) is 5.32 Å². The Hall–Kier alpha value is -0.260. The normalized spacial score (nSPS) is 12.5. The minimum atomic E-state index is -0.0722. The zero-order valence-corrected chi connectivity index (χ0v) is 9.48. The Balaban J connectivity index is 3.15. The first kappa shape index (κ1) is 13.7. The number of rotatable bonds is 8. The monoisotopic (exact) mass is 220 g/mol. The van der Waals surface area contributed by atoms with Crippen LogP contribution in [0.1, 0.15) is 19.8 Å². The summed E-state index contributed by atoms with van der Waals surface area (Å²) in [7, 11) is 0. The third-order valence-corrected chi connectivity index (χ3v) is 2.59. The summed E-state index contributed by atoms with van der Waals surface area (Å²) in [6, 6.07) is -0.0722. The van der Waals surface area contributed by atoms with Crippen molar-refractivity contribution in [2.75, 3.05) is 24.7 Å². The first-order valence-corrected chi connectivity index (χ1v) is 6.03. The van der Waals surface area contributed by atoms with Gasteiger partial charge >= 0.3 is 0 Å². The Morgan fingerprint density at radius 2 is 2.29 bits per heavy atom. The van der Waals surface area contributed by atoms with Crippen LogP contribution in [0.2, 0.25) is 0 Å². The van der Waals surface area contributed by atoms with Crippen molar-refractivity contribution in [2.45, 2.75) is 25.8 Å². The van der Waals surface area contributed by atoms with Crippen LogP contribution >= 0.6 is 11.8 Å². The lowest BCUT2D eigenvalue weighted by Crippen LogP contribution is -2.31. The van der Waals surface area contributed by atoms with E-state index < -0.39 is 0 Å². The number of hydrogen-bond acceptors (Lipinski definition) is 4. The fourth-order valence-corrected chi connectivity index (χ4v) is 1.68. The first-order chi connectivity index (χ1) is 6.66. The Labute approximate surface area is 89.6 Å². The van der Waals surface area contributed by atoms with Crippen LogP contribution in [-0.2, 0) is 4.79 Å². The molecule has 0 aromatic heterocycles. The summed E-state index contributed by atoms with van der Waals surface area (Å²) in [5, 5.41) is 11.3. The maximum absolute atomic E-state index is 11.1. The van der Waals surface area contributed by atoms with Gasteiger partial charge in [-0.05, 0) is 19.1 Å². The van der Waals surface area contributed by atoms with Crippen LogP contribution in [0.5, 0.6) is 0 Å². The van der Waals surface area contributed by atoms with Crippen LogP contribution in [0.15, 0.2) is 0 Å². The molecule has 0 fully saturated rings. The van der Waals surface area contributed by atoms with Crippen molar-refractivity contribution >= 4 is 17.7 Å². The molecule has 0 radical (unpaired) electrons. The third kappa shape index (κ3) is 9.83. The highest BCUT2D eigenvalue weighted by molar-refractivity contribution is 7.99. The Bertz CT molecular complexity index is 154. The Kier molecular flexibility index (Phi) is 9.13. The van der Waals surface area contributed by atoms with Crippen molar-refractivity contribution in [3.05, 3.63) is 0 Å². The fourth-order valence-electron chi connectivity index (χ4n) is 0.896. The van der Waals surface area contributed by atoms with Gasteiger partial charge in [-0.25, -0.2) is 0 Å². The number of carbonyl (C=O) groups is 1. The maximum Gasteiger partial charge on any atom is 0.221 e. The molecule has 4 N–H and O–H groups in total. The fraction of sp³-hybridized carbons (Fsp3) is 0.889. The lowest BCUT2D eigenvalue weighted by Gasteiger charge is -2.06. The van der Waals surface area contributed by atoms with Gasteiger partial charge in [-0.3, -0.25) is 4.79 Å². The van der Waals surface area contributed by atoms with E-state index in [1.165, 1.54) is 0 Å². The van der Waals surface area contributed by atoms with Gasteiger partial charge in [-0.15, -0.1) is 0 Å². The summed E-state index contributed by atoms with van der Waals surface area (Å²) in [4.78, 5) is 11.1. The molecular formula is C9H20N2O2S. The number of nitrogens with one attached hydrogen (secondary N) is 1. The van der Waals surface area contributed by atoms with Gasteiger partial charge in [-0.1, -0.05) is 0 Å². The third-order valence-electron chi connectivity index (χ3n) is 1.52. The van der Waals surface area contributed by atoms with Gasteiger partial charge in [-0.2, -0.15) is 11.8 Å². The molecule has 0 aromatic rings. The van der Waals surface area contributed by atoms with E-state index in [9.17, 15) is 4.79 Å². The molecule has 0 saturated heterocycles. The average Bonchev–Trinajstić information content (AvgIpc) is 2.10. The summed E-state index contributed by atoms with van der Waals surface area (Å²) in [5.41, 5.74) is 5.47. The first-order valence-electron chi connectivity index (χ1n) is 4.87. The van der Waals surface area contributed by atoms with Gasteiger partial charge < -0.3 is 16.2 Å². The zero-order valence-electron chi connectivity index (χ0n) is 8.66. The number of thioether (sulfide) groups is 1. The second-order valence-corrected chi connectivity index (χ2v) is 4.45. The van der Waals surface area contributed by atoms with Crippen LogP contribution in [0, 0.1) is 0 Å². The molecule has 0 spiro atoms. The number of aliphatic hydroxyl groups excluding tert-OH is 1. The Morgan fingerprint density at radius 3 is 2.86 bits per heavy atom. The van der Waals surface area contributed by atoms with E-state index in [-0.39, 0.29) is 18.6 Å². The molecule has 1 unspecified atom stereocenters. The van der Waals surface area contributed by atoms with E-state index in [2.05, 4.69) is 5.32 Å². The minimum Gasteiger partial charge on any atom is -0.396 e. The molecule has 4 nitrogen and oxygen atoms in total. The molecule has 1 atom stereocenters. The number of carbonyl (C=O) groups excluding carboxylic acids is 1. The molecule has 0 bridgehead atoms. The van der Waals surface area contributed by atoms with Gasteiger partial charge in [0.1, 0.15) is 0 Å².